The maximum Gasteiger partial charge on any atom is 0.149 e. The molecule has 3 rings (SSSR count). The standard InChI is InChI=1S/C16H18N2O/c1-2-17-11-13-10-12-6-3-4-7-14(12)19-15-8-5-9-18-16(13)15/h3-9,13,17H,2,10-11H2,1H3. The molecule has 3 nitrogen and oxygen atoms in total. The van der Waals surface area contributed by atoms with Crippen LogP contribution >= 0.6 is 0 Å². The molecule has 1 atom stereocenters. The van der Waals surface area contributed by atoms with Crippen molar-refractivity contribution in [2.24, 2.45) is 0 Å². The second kappa shape index (κ2) is 5.41. The van der Waals surface area contributed by atoms with Gasteiger partial charge in [-0.3, -0.25) is 4.98 Å². The van der Waals surface area contributed by atoms with Crippen LogP contribution in [-0.4, -0.2) is 18.1 Å². The van der Waals surface area contributed by atoms with Crippen molar-refractivity contribution >= 4 is 0 Å². The van der Waals surface area contributed by atoms with E-state index in [-0.39, 0.29) is 0 Å². The lowest BCUT2D eigenvalue weighted by Crippen LogP contribution is -2.23. The SMILES string of the molecule is CCNCC1Cc2ccccc2Oc2cccnc21. The van der Waals surface area contributed by atoms with E-state index in [2.05, 4.69) is 29.4 Å². The summed E-state index contributed by atoms with van der Waals surface area (Å²) in [5.41, 5.74) is 2.31. The maximum absolute atomic E-state index is 6.02. The van der Waals surface area contributed by atoms with Crippen molar-refractivity contribution in [3.8, 4) is 11.5 Å². The molecule has 1 aromatic carbocycles. The molecule has 0 aliphatic carbocycles. The zero-order valence-electron chi connectivity index (χ0n) is 11.1. The minimum Gasteiger partial charge on any atom is -0.455 e. The smallest absolute Gasteiger partial charge is 0.149 e. The fourth-order valence-electron chi connectivity index (χ4n) is 2.54. The molecule has 0 saturated carbocycles. The Morgan fingerprint density at radius 1 is 1.21 bits per heavy atom. The van der Waals surface area contributed by atoms with E-state index >= 15 is 0 Å². The van der Waals surface area contributed by atoms with Crippen molar-refractivity contribution in [3.63, 3.8) is 0 Å². The normalized spacial score (nSPS) is 17.0. The molecular formula is C16H18N2O. The Morgan fingerprint density at radius 3 is 2.95 bits per heavy atom. The van der Waals surface area contributed by atoms with Gasteiger partial charge in [0.2, 0.25) is 0 Å². The summed E-state index contributed by atoms with van der Waals surface area (Å²) in [5, 5.41) is 3.42. The molecule has 0 radical (unpaired) electrons. The fraction of sp³-hybridized carbons (Fsp3) is 0.312. The molecule has 0 amide bonds. The van der Waals surface area contributed by atoms with Crippen LogP contribution in [0.4, 0.5) is 0 Å². The summed E-state index contributed by atoms with van der Waals surface area (Å²) in [7, 11) is 0. The van der Waals surface area contributed by atoms with E-state index in [9.17, 15) is 0 Å². The van der Waals surface area contributed by atoms with E-state index in [0.29, 0.717) is 5.92 Å². The zero-order chi connectivity index (χ0) is 13.1. The van der Waals surface area contributed by atoms with Crippen LogP contribution in [0.5, 0.6) is 11.5 Å². The highest BCUT2D eigenvalue weighted by molar-refractivity contribution is 5.44. The van der Waals surface area contributed by atoms with E-state index in [1.807, 2.05) is 30.5 Å². The van der Waals surface area contributed by atoms with Crippen molar-refractivity contribution in [2.75, 3.05) is 13.1 Å². The van der Waals surface area contributed by atoms with E-state index in [1.54, 1.807) is 0 Å². The molecule has 3 heteroatoms. The minimum atomic E-state index is 0.361. The summed E-state index contributed by atoms with van der Waals surface area (Å²) < 4.78 is 6.02. The Balaban J connectivity index is 2.01. The third kappa shape index (κ3) is 2.47. The second-order valence-electron chi connectivity index (χ2n) is 4.81. The summed E-state index contributed by atoms with van der Waals surface area (Å²) in [6.45, 7) is 4.03. The minimum absolute atomic E-state index is 0.361. The van der Waals surface area contributed by atoms with Gasteiger partial charge in [0.1, 0.15) is 11.5 Å². The molecule has 0 saturated heterocycles. The Bertz CT molecular complexity index is 568. The molecule has 1 unspecified atom stereocenters. The first-order valence-electron chi connectivity index (χ1n) is 6.80. The topological polar surface area (TPSA) is 34.1 Å². The molecule has 2 aromatic rings. The Labute approximate surface area is 113 Å². The monoisotopic (exact) mass is 254 g/mol. The van der Waals surface area contributed by atoms with Gasteiger partial charge in [-0.1, -0.05) is 25.1 Å². The third-order valence-electron chi connectivity index (χ3n) is 3.49. The number of rotatable bonds is 3. The van der Waals surface area contributed by atoms with Gasteiger partial charge in [0.25, 0.3) is 0 Å². The number of nitrogens with one attached hydrogen (secondary N) is 1. The third-order valence-corrected chi connectivity index (χ3v) is 3.49. The lowest BCUT2D eigenvalue weighted by molar-refractivity contribution is 0.473. The van der Waals surface area contributed by atoms with Gasteiger partial charge in [0, 0.05) is 18.7 Å². The number of ether oxygens (including phenoxy) is 1. The molecule has 1 aromatic heterocycles. The number of fused-ring (bicyclic) bond motifs is 2. The quantitative estimate of drug-likeness (QED) is 0.913. The molecule has 1 N–H and O–H groups in total. The molecule has 19 heavy (non-hydrogen) atoms. The molecular weight excluding hydrogens is 236 g/mol. The molecule has 98 valence electrons. The maximum atomic E-state index is 6.02. The van der Waals surface area contributed by atoms with Gasteiger partial charge in [-0.2, -0.15) is 0 Å². The predicted octanol–water partition coefficient (Wildman–Crippen LogP) is 3.12. The first-order chi connectivity index (χ1) is 9.38. The van der Waals surface area contributed by atoms with Gasteiger partial charge >= 0.3 is 0 Å². The summed E-state index contributed by atoms with van der Waals surface area (Å²) in [5.74, 6) is 2.20. The van der Waals surface area contributed by atoms with Gasteiger partial charge in [-0.05, 0) is 36.7 Å². The highest BCUT2D eigenvalue weighted by Crippen LogP contribution is 2.37. The van der Waals surface area contributed by atoms with Crippen LogP contribution in [-0.2, 0) is 6.42 Å². The molecule has 0 bridgehead atoms. The van der Waals surface area contributed by atoms with Crippen LogP contribution in [0.1, 0.15) is 24.1 Å². The van der Waals surface area contributed by atoms with Crippen molar-refractivity contribution < 1.29 is 4.74 Å². The van der Waals surface area contributed by atoms with Gasteiger partial charge in [-0.25, -0.2) is 0 Å². The van der Waals surface area contributed by atoms with Crippen LogP contribution in [0.2, 0.25) is 0 Å². The second-order valence-corrected chi connectivity index (χ2v) is 4.81. The summed E-state index contributed by atoms with van der Waals surface area (Å²) in [6.07, 6.45) is 2.81. The van der Waals surface area contributed by atoms with Crippen LogP contribution in [0, 0.1) is 0 Å². The van der Waals surface area contributed by atoms with E-state index in [0.717, 1.165) is 36.7 Å². The van der Waals surface area contributed by atoms with E-state index in [4.69, 9.17) is 4.74 Å². The van der Waals surface area contributed by atoms with E-state index < -0.39 is 0 Å². The zero-order valence-corrected chi connectivity index (χ0v) is 11.1. The molecule has 2 heterocycles. The van der Waals surface area contributed by atoms with Crippen LogP contribution in [0.25, 0.3) is 0 Å². The highest BCUT2D eigenvalue weighted by atomic mass is 16.5. The molecule has 1 aliphatic heterocycles. The van der Waals surface area contributed by atoms with Crippen LogP contribution < -0.4 is 10.1 Å². The van der Waals surface area contributed by atoms with E-state index in [1.165, 1.54) is 5.56 Å². The van der Waals surface area contributed by atoms with Crippen LogP contribution in [0.3, 0.4) is 0 Å². The fourth-order valence-corrected chi connectivity index (χ4v) is 2.54. The Morgan fingerprint density at radius 2 is 2.05 bits per heavy atom. The van der Waals surface area contributed by atoms with Crippen LogP contribution in [0.15, 0.2) is 42.6 Å². The summed E-state index contributed by atoms with van der Waals surface area (Å²) >= 11 is 0. The highest BCUT2D eigenvalue weighted by Gasteiger charge is 2.23. The predicted molar refractivity (Wildman–Crippen MR) is 75.7 cm³/mol. The number of aromatic nitrogens is 1. The van der Waals surface area contributed by atoms with Gasteiger partial charge < -0.3 is 10.1 Å². The molecule has 0 fully saturated rings. The number of hydrogen-bond acceptors (Lipinski definition) is 3. The van der Waals surface area contributed by atoms with Crippen molar-refractivity contribution in [1.29, 1.82) is 0 Å². The number of hydrogen-bond donors (Lipinski definition) is 1. The molecule has 1 aliphatic rings. The van der Waals surface area contributed by atoms with Gasteiger partial charge in [0.15, 0.2) is 0 Å². The van der Waals surface area contributed by atoms with Crippen molar-refractivity contribution in [3.05, 3.63) is 53.9 Å². The lowest BCUT2D eigenvalue weighted by atomic mass is 9.95. The number of nitrogens with zero attached hydrogens (tertiary/aromatic N) is 1. The number of benzene rings is 1. The first kappa shape index (κ1) is 12.2. The summed E-state index contributed by atoms with van der Waals surface area (Å²) in [6, 6.07) is 12.2. The Hall–Kier alpha value is -1.87. The lowest BCUT2D eigenvalue weighted by Gasteiger charge is -2.15. The summed E-state index contributed by atoms with van der Waals surface area (Å²) in [4.78, 5) is 4.53. The number of pyridine rings is 1. The number of para-hydroxylation sites is 1. The number of likely N-dealkylation sites (N-methyl/N-ethyl adjacent to an activating group) is 1. The van der Waals surface area contributed by atoms with Crippen molar-refractivity contribution in [1.82, 2.24) is 10.3 Å². The average molecular weight is 254 g/mol. The first-order valence-corrected chi connectivity index (χ1v) is 6.80. The average Bonchev–Trinajstić information content (AvgIpc) is 2.61. The largest absolute Gasteiger partial charge is 0.455 e. The Kier molecular flexibility index (Phi) is 3.47. The van der Waals surface area contributed by atoms with Gasteiger partial charge in [0.05, 0.1) is 5.69 Å². The van der Waals surface area contributed by atoms with Crippen molar-refractivity contribution in [2.45, 2.75) is 19.3 Å². The van der Waals surface area contributed by atoms with Gasteiger partial charge in [-0.15, -0.1) is 0 Å². The molecule has 0 spiro atoms.